The second-order valence-electron chi connectivity index (χ2n) is 9.91. The quantitative estimate of drug-likeness (QED) is 0.308. The number of nitrogens with one attached hydrogen (secondary N) is 1. The third kappa shape index (κ3) is 6.39. The van der Waals surface area contributed by atoms with Crippen molar-refractivity contribution in [2.24, 2.45) is 7.05 Å². The molecule has 5 rings (SSSR count). The Morgan fingerprint density at radius 1 is 0.949 bits per heavy atom. The average Bonchev–Trinajstić information content (AvgIpc) is 3.30. The Bertz CT molecular complexity index is 1540. The highest BCUT2D eigenvalue weighted by molar-refractivity contribution is 6.31. The molecule has 1 aliphatic rings. The number of aryl methyl sites for hydroxylation is 1. The number of nitrogens with zero attached hydrogens (tertiary/aromatic N) is 4. The summed E-state index contributed by atoms with van der Waals surface area (Å²) in [6.07, 6.45) is 1.05. The third-order valence-electron chi connectivity index (χ3n) is 7.08. The minimum Gasteiger partial charge on any atom is -0.381 e. The molecule has 1 aliphatic heterocycles. The van der Waals surface area contributed by atoms with Gasteiger partial charge >= 0.3 is 6.18 Å². The Hall–Kier alpha value is -3.51. The number of pyridine rings is 1. The molecule has 202 valence electrons. The highest BCUT2D eigenvalue weighted by atomic mass is 35.5. The number of rotatable bonds is 5. The molecule has 0 bridgehead atoms. The van der Waals surface area contributed by atoms with Crippen LogP contribution in [0.2, 0.25) is 5.02 Å². The lowest BCUT2D eigenvalue weighted by molar-refractivity contribution is -0.138. The van der Waals surface area contributed by atoms with E-state index in [0.717, 1.165) is 48.3 Å². The van der Waals surface area contributed by atoms with E-state index in [1.807, 2.05) is 30.9 Å². The first-order valence-corrected chi connectivity index (χ1v) is 13.1. The van der Waals surface area contributed by atoms with E-state index >= 15 is 0 Å². The zero-order valence-corrected chi connectivity index (χ0v) is 22.6. The number of halogens is 4. The summed E-state index contributed by atoms with van der Waals surface area (Å²) in [6.45, 7) is 3.76. The van der Waals surface area contributed by atoms with E-state index in [2.05, 4.69) is 31.9 Å². The van der Waals surface area contributed by atoms with Gasteiger partial charge < -0.3 is 14.8 Å². The van der Waals surface area contributed by atoms with Crippen molar-refractivity contribution in [2.45, 2.75) is 19.3 Å². The van der Waals surface area contributed by atoms with Crippen LogP contribution in [-0.4, -0.2) is 52.6 Å². The Balaban J connectivity index is 1.32. The monoisotopic (exact) mass is 551 g/mol. The van der Waals surface area contributed by atoms with Crippen molar-refractivity contribution < 1.29 is 13.2 Å². The van der Waals surface area contributed by atoms with E-state index in [1.165, 1.54) is 6.07 Å². The molecule has 0 saturated carbocycles. The Morgan fingerprint density at radius 3 is 2.49 bits per heavy atom. The molecule has 4 aromatic rings. The SMILES string of the molecule is CN1CCN(Cc2ccc(CNc3ccc(Cl)c(C#Cc4cncc5c4ccn5C)c3)cc2C(F)(F)F)CC1. The summed E-state index contributed by atoms with van der Waals surface area (Å²) in [5, 5.41) is 4.71. The summed E-state index contributed by atoms with van der Waals surface area (Å²) in [4.78, 5) is 8.54. The molecule has 0 aliphatic carbocycles. The molecule has 0 spiro atoms. The standard InChI is InChI=1S/C30H29ClF3N5/c1-37-11-13-39(14-12-37)20-24-4-3-21(15-27(24)30(32,33)34)17-36-25-7-8-28(31)22(16-25)5-6-23-18-35-19-29-26(23)9-10-38(29)2/h3-4,7-10,15-16,18-19,36H,11-14,17,20H2,1-2H3. The number of hydrogen-bond acceptors (Lipinski definition) is 4. The number of fused-ring (bicyclic) bond motifs is 1. The van der Waals surface area contributed by atoms with Gasteiger partial charge in [0.05, 0.1) is 27.9 Å². The van der Waals surface area contributed by atoms with Gasteiger partial charge in [-0.3, -0.25) is 9.88 Å². The van der Waals surface area contributed by atoms with Gasteiger partial charge in [0.25, 0.3) is 0 Å². The van der Waals surface area contributed by atoms with Crippen molar-refractivity contribution in [1.82, 2.24) is 19.4 Å². The van der Waals surface area contributed by atoms with Gasteiger partial charge in [0, 0.05) is 75.3 Å². The predicted molar refractivity (Wildman–Crippen MR) is 150 cm³/mol. The van der Waals surface area contributed by atoms with E-state index in [0.29, 0.717) is 28.3 Å². The molecular formula is C30H29ClF3N5. The fraction of sp³-hybridized carbons (Fsp3) is 0.300. The summed E-state index contributed by atoms with van der Waals surface area (Å²) < 4.78 is 43.8. The molecule has 1 N–H and O–H groups in total. The van der Waals surface area contributed by atoms with Gasteiger partial charge in [-0.2, -0.15) is 13.2 Å². The van der Waals surface area contributed by atoms with Crippen LogP contribution in [0, 0.1) is 11.8 Å². The molecule has 1 saturated heterocycles. The topological polar surface area (TPSA) is 36.3 Å². The third-order valence-corrected chi connectivity index (χ3v) is 7.41. The van der Waals surface area contributed by atoms with Gasteiger partial charge in [0.2, 0.25) is 0 Å². The summed E-state index contributed by atoms with van der Waals surface area (Å²) in [5.74, 6) is 6.28. The lowest BCUT2D eigenvalue weighted by Gasteiger charge is -2.33. The van der Waals surface area contributed by atoms with Crippen LogP contribution in [0.25, 0.3) is 10.9 Å². The maximum Gasteiger partial charge on any atom is 0.416 e. The number of benzene rings is 2. The molecular weight excluding hydrogens is 523 g/mol. The largest absolute Gasteiger partial charge is 0.416 e. The van der Waals surface area contributed by atoms with Crippen LogP contribution in [-0.2, 0) is 26.3 Å². The van der Waals surface area contributed by atoms with Crippen molar-refractivity contribution in [3.63, 3.8) is 0 Å². The first kappa shape index (κ1) is 27.1. The molecule has 39 heavy (non-hydrogen) atoms. The summed E-state index contributed by atoms with van der Waals surface area (Å²) in [7, 11) is 3.98. The van der Waals surface area contributed by atoms with Crippen LogP contribution in [0.15, 0.2) is 61.1 Å². The summed E-state index contributed by atoms with van der Waals surface area (Å²) >= 11 is 6.40. The van der Waals surface area contributed by atoms with Gasteiger partial charge in [0.15, 0.2) is 0 Å². The first-order valence-electron chi connectivity index (χ1n) is 12.7. The molecule has 0 radical (unpaired) electrons. The number of likely N-dealkylation sites (N-methyl/N-ethyl adjacent to an activating group) is 1. The first-order chi connectivity index (χ1) is 18.7. The smallest absolute Gasteiger partial charge is 0.381 e. The normalized spacial score (nSPS) is 14.8. The van der Waals surface area contributed by atoms with E-state index < -0.39 is 11.7 Å². The second kappa shape index (κ2) is 11.3. The van der Waals surface area contributed by atoms with Crippen molar-refractivity contribution in [1.29, 1.82) is 0 Å². The van der Waals surface area contributed by atoms with Crippen LogP contribution in [0.1, 0.15) is 27.8 Å². The fourth-order valence-electron chi connectivity index (χ4n) is 4.73. The lowest BCUT2D eigenvalue weighted by atomic mass is 10.0. The van der Waals surface area contributed by atoms with Crippen molar-refractivity contribution in [3.05, 3.63) is 93.9 Å². The maximum atomic E-state index is 13.9. The number of hydrogen-bond donors (Lipinski definition) is 1. The second-order valence-corrected chi connectivity index (χ2v) is 10.3. The molecule has 1 fully saturated rings. The number of anilines is 1. The molecule has 2 aromatic heterocycles. The van der Waals surface area contributed by atoms with Gasteiger partial charge in [-0.1, -0.05) is 35.6 Å². The van der Waals surface area contributed by atoms with Crippen molar-refractivity contribution in [2.75, 3.05) is 38.5 Å². The van der Waals surface area contributed by atoms with Gasteiger partial charge in [0.1, 0.15) is 0 Å². The minimum atomic E-state index is -4.42. The molecule has 3 heterocycles. The Morgan fingerprint density at radius 2 is 1.72 bits per heavy atom. The van der Waals surface area contributed by atoms with Crippen LogP contribution >= 0.6 is 11.6 Å². The fourth-order valence-corrected chi connectivity index (χ4v) is 4.90. The van der Waals surface area contributed by atoms with Crippen LogP contribution in [0.3, 0.4) is 0 Å². The highest BCUT2D eigenvalue weighted by Gasteiger charge is 2.34. The molecule has 0 unspecified atom stereocenters. The molecule has 2 aromatic carbocycles. The van der Waals surface area contributed by atoms with Crippen LogP contribution in [0.5, 0.6) is 0 Å². The van der Waals surface area contributed by atoms with E-state index in [9.17, 15) is 13.2 Å². The maximum absolute atomic E-state index is 13.9. The minimum absolute atomic E-state index is 0.236. The number of aromatic nitrogens is 2. The number of alkyl halides is 3. The highest BCUT2D eigenvalue weighted by Crippen LogP contribution is 2.34. The van der Waals surface area contributed by atoms with Gasteiger partial charge in [-0.25, -0.2) is 0 Å². The zero-order valence-electron chi connectivity index (χ0n) is 21.8. The average molecular weight is 552 g/mol. The number of piperazine rings is 1. The van der Waals surface area contributed by atoms with Gasteiger partial charge in [-0.05, 0) is 48.5 Å². The van der Waals surface area contributed by atoms with Gasteiger partial charge in [-0.15, -0.1) is 0 Å². The zero-order chi connectivity index (χ0) is 27.6. The van der Waals surface area contributed by atoms with E-state index in [4.69, 9.17) is 11.6 Å². The molecule has 0 atom stereocenters. The summed E-state index contributed by atoms with van der Waals surface area (Å²) in [5.41, 5.74) is 3.39. The van der Waals surface area contributed by atoms with E-state index in [1.54, 1.807) is 42.7 Å². The Kier molecular flexibility index (Phi) is 7.85. The predicted octanol–water partition coefficient (Wildman–Crippen LogP) is 6.00. The lowest BCUT2D eigenvalue weighted by Crippen LogP contribution is -2.44. The van der Waals surface area contributed by atoms with Crippen LogP contribution in [0.4, 0.5) is 18.9 Å². The summed E-state index contributed by atoms with van der Waals surface area (Å²) in [6, 6.07) is 11.9. The van der Waals surface area contributed by atoms with E-state index in [-0.39, 0.29) is 6.54 Å². The molecule has 0 amide bonds. The Labute approximate surface area is 231 Å². The molecule has 5 nitrogen and oxygen atoms in total. The van der Waals surface area contributed by atoms with Crippen molar-refractivity contribution in [3.8, 4) is 11.8 Å². The van der Waals surface area contributed by atoms with Crippen molar-refractivity contribution >= 4 is 28.2 Å². The van der Waals surface area contributed by atoms with Crippen LogP contribution < -0.4 is 5.32 Å². The molecule has 9 heteroatoms.